The molecule has 3 nitrogen and oxygen atoms in total. The van der Waals surface area contributed by atoms with Gasteiger partial charge in [-0.15, -0.1) is 0 Å². The highest BCUT2D eigenvalue weighted by Crippen LogP contribution is 2.29. The van der Waals surface area contributed by atoms with Gasteiger partial charge < -0.3 is 5.11 Å². The summed E-state index contributed by atoms with van der Waals surface area (Å²) in [5.74, 6) is 0. The zero-order chi connectivity index (χ0) is 13.1. The second-order valence-corrected chi connectivity index (χ2v) is 5.36. The van der Waals surface area contributed by atoms with E-state index in [1.165, 1.54) is 25.7 Å². The maximum atomic E-state index is 10.2. The van der Waals surface area contributed by atoms with Gasteiger partial charge >= 0.3 is 0 Å². The Morgan fingerprint density at radius 1 is 1.16 bits per heavy atom. The van der Waals surface area contributed by atoms with Crippen LogP contribution in [0.5, 0.6) is 0 Å². The lowest BCUT2D eigenvalue weighted by Gasteiger charge is -2.10. The van der Waals surface area contributed by atoms with Gasteiger partial charge in [0, 0.05) is 12.6 Å². The first-order valence-electron chi connectivity index (χ1n) is 7.10. The van der Waals surface area contributed by atoms with E-state index >= 15 is 0 Å². The zero-order valence-corrected chi connectivity index (χ0v) is 11.1. The quantitative estimate of drug-likeness (QED) is 0.911. The summed E-state index contributed by atoms with van der Waals surface area (Å²) in [5, 5.41) is 14.8. The van der Waals surface area contributed by atoms with Gasteiger partial charge in [-0.25, -0.2) is 0 Å². The van der Waals surface area contributed by atoms with Crippen LogP contribution >= 0.6 is 0 Å². The van der Waals surface area contributed by atoms with E-state index in [0.717, 1.165) is 11.3 Å². The van der Waals surface area contributed by atoms with Crippen molar-refractivity contribution in [2.45, 2.75) is 44.2 Å². The summed E-state index contributed by atoms with van der Waals surface area (Å²) < 4.78 is 2.08. The van der Waals surface area contributed by atoms with Crippen LogP contribution in [-0.2, 0) is 6.42 Å². The molecule has 3 heteroatoms. The number of aliphatic hydroxyl groups excluding tert-OH is 1. The molecule has 1 aliphatic rings. The maximum Gasteiger partial charge on any atom is 0.0846 e. The van der Waals surface area contributed by atoms with Crippen molar-refractivity contribution < 1.29 is 5.11 Å². The Morgan fingerprint density at radius 3 is 2.63 bits per heavy atom. The Labute approximate surface area is 113 Å². The molecule has 3 rings (SSSR count). The van der Waals surface area contributed by atoms with Crippen molar-refractivity contribution >= 4 is 0 Å². The number of rotatable bonds is 4. The van der Waals surface area contributed by atoms with Gasteiger partial charge in [-0.2, -0.15) is 5.10 Å². The molecule has 100 valence electrons. The second-order valence-electron chi connectivity index (χ2n) is 5.36. The minimum absolute atomic E-state index is 0.465. The second kappa shape index (κ2) is 5.57. The third-order valence-corrected chi connectivity index (χ3v) is 3.95. The third kappa shape index (κ3) is 2.87. The van der Waals surface area contributed by atoms with E-state index in [1.807, 2.05) is 36.4 Å². The van der Waals surface area contributed by atoms with Gasteiger partial charge in [0.1, 0.15) is 0 Å². The van der Waals surface area contributed by atoms with Crippen molar-refractivity contribution in [3.8, 4) is 0 Å². The van der Waals surface area contributed by atoms with E-state index in [0.29, 0.717) is 12.5 Å². The molecule has 1 aliphatic carbocycles. The molecule has 1 unspecified atom stereocenters. The van der Waals surface area contributed by atoms with Gasteiger partial charge in [0.25, 0.3) is 0 Å². The molecule has 1 atom stereocenters. The van der Waals surface area contributed by atoms with Crippen LogP contribution in [-0.4, -0.2) is 14.9 Å². The average molecular weight is 256 g/mol. The standard InChI is InChI=1S/C16H20N2O/c19-16(13-6-2-1-3-7-13)12-14-10-11-18(17-14)15-8-4-5-9-15/h1-3,6-7,10-11,15-16,19H,4-5,8-9,12H2. The molecule has 1 heterocycles. The smallest absolute Gasteiger partial charge is 0.0846 e. The van der Waals surface area contributed by atoms with Crippen molar-refractivity contribution in [2.75, 3.05) is 0 Å². The maximum absolute atomic E-state index is 10.2. The van der Waals surface area contributed by atoms with Gasteiger partial charge in [0.2, 0.25) is 0 Å². The first-order valence-corrected chi connectivity index (χ1v) is 7.10. The lowest BCUT2D eigenvalue weighted by atomic mass is 10.1. The fourth-order valence-corrected chi connectivity index (χ4v) is 2.85. The Bertz CT molecular complexity index is 515. The molecular formula is C16H20N2O. The summed E-state index contributed by atoms with van der Waals surface area (Å²) in [6, 6.07) is 12.4. The number of hydrogen-bond acceptors (Lipinski definition) is 2. The van der Waals surface area contributed by atoms with Crippen LogP contribution in [0.4, 0.5) is 0 Å². The number of aromatic nitrogens is 2. The van der Waals surface area contributed by atoms with Crippen molar-refractivity contribution in [2.24, 2.45) is 0 Å². The summed E-state index contributed by atoms with van der Waals surface area (Å²) in [6.45, 7) is 0. The number of nitrogens with zero attached hydrogens (tertiary/aromatic N) is 2. The van der Waals surface area contributed by atoms with E-state index in [2.05, 4.69) is 16.0 Å². The van der Waals surface area contributed by atoms with Gasteiger partial charge in [-0.05, 0) is 24.5 Å². The molecule has 1 saturated carbocycles. The summed E-state index contributed by atoms with van der Waals surface area (Å²) in [4.78, 5) is 0. The Morgan fingerprint density at radius 2 is 1.89 bits per heavy atom. The summed E-state index contributed by atoms with van der Waals surface area (Å²) in [7, 11) is 0. The predicted molar refractivity (Wildman–Crippen MR) is 74.8 cm³/mol. The molecule has 1 N–H and O–H groups in total. The van der Waals surface area contributed by atoms with Crippen molar-refractivity contribution in [1.82, 2.24) is 9.78 Å². The highest BCUT2D eigenvalue weighted by atomic mass is 16.3. The summed E-state index contributed by atoms with van der Waals surface area (Å²) >= 11 is 0. The van der Waals surface area contributed by atoms with Crippen LogP contribution in [0.25, 0.3) is 0 Å². The molecule has 1 aromatic heterocycles. The van der Waals surface area contributed by atoms with Crippen LogP contribution in [0.15, 0.2) is 42.6 Å². The lowest BCUT2D eigenvalue weighted by molar-refractivity contribution is 0.177. The molecule has 0 bridgehead atoms. The van der Waals surface area contributed by atoms with Crippen molar-refractivity contribution in [3.05, 3.63) is 53.9 Å². The van der Waals surface area contributed by atoms with E-state index in [9.17, 15) is 5.11 Å². The Balaban J connectivity index is 1.66. The van der Waals surface area contributed by atoms with Gasteiger partial charge in [-0.3, -0.25) is 4.68 Å². The van der Waals surface area contributed by atoms with E-state index < -0.39 is 6.10 Å². The van der Waals surface area contributed by atoms with Crippen LogP contribution in [0.1, 0.15) is 49.1 Å². The van der Waals surface area contributed by atoms with Gasteiger partial charge in [0.05, 0.1) is 17.8 Å². The lowest BCUT2D eigenvalue weighted by Crippen LogP contribution is -2.07. The van der Waals surface area contributed by atoms with Crippen molar-refractivity contribution in [1.29, 1.82) is 0 Å². The van der Waals surface area contributed by atoms with Crippen LogP contribution in [0.2, 0.25) is 0 Å². The van der Waals surface area contributed by atoms with Crippen molar-refractivity contribution in [3.63, 3.8) is 0 Å². The van der Waals surface area contributed by atoms with E-state index in [1.54, 1.807) is 0 Å². The molecule has 1 fully saturated rings. The fraction of sp³-hybridized carbons (Fsp3) is 0.438. The normalized spacial score (nSPS) is 17.7. The van der Waals surface area contributed by atoms with Crippen LogP contribution < -0.4 is 0 Å². The minimum Gasteiger partial charge on any atom is -0.388 e. The Hall–Kier alpha value is -1.61. The monoisotopic (exact) mass is 256 g/mol. The molecule has 0 spiro atoms. The topological polar surface area (TPSA) is 38.0 Å². The van der Waals surface area contributed by atoms with E-state index in [-0.39, 0.29) is 0 Å². The van der Waals surface area contributed by atoms with Crippen LogP contribution in [0.3, 0.4) is 0 Å². The number of aliphatic hydroxyl groups is 1. The molecule has 19 heavy (non-hydrogen) atoms. The largest absolute Gasteiger partial charge is 0.388 e. The first kappa shape index (κ1) is 12.4. The molecule has 2 aromatic rings. The molecule has 0 aliphatic heterocycles. The fourth-order valence-electron chi connectivity index (χ4n) is 2.85. The highest BCUT2D eigenvalue weighted by Gasteiger charge is 2.18. The number of hydrogen-bond donors (Lipinski definition) is 1. The highest BCUT2D eigenvalue weighted by molar-refractivity contribution is 5.19. The predicted octanol–water partition coefficient (Wildman–Crippen LogP) is 3.27. The molecule has 0 amide bonds. The Kier molecular flexibility index (Phi) is 3.65. The zero-order valence-electron chi connectivity index (χ0n) is 11.1. The van der Waals surface area contributed by atoms with Gasteiger partial charge in [0.15, 0.2) is 0 Å². The summed E-state index contributed by atoms with van der Waals surface area (Å²) in [6.07, 6.45) is 7.28. The first-order chi connectivity index (χ1) is 9.33. The molecular weight excluding hydrogens is 236 g/mol. The SMILES string of the molecule is OC(Cc1ccn(C2CCCC2)n1)c1ccccc1. The molecule has 1 aromatic carbocycles. The molecule has 0 saturated heterocycles. The van der Waals surface area contributed by atoms with Gasteiger partial charge in [-0.1, -0.05) is 43.2 Å². The average Bonchev–Trinajstić information content (AvgIpc) is 3.10. The van der Waals surface area contributed by atoms with E-state index in [4.69, 9.17) is 0 Å². The minimum atomic E-state index is -0.465. The van der Waals surface area contributed by atoms with Crippen LogP contribution in [0, 0.1) is 0 Å². The molecule has 0 radical (unpaired) electrons. The number of benzene rings is 1. The summed E-state index contributed by atoms with van der Waals surface area (Å²) in [5.41, 5.74) is 1.93. The third-order valence-electron chi connectivity index (χ3n) is 3.95.